The van der Waals surface area contributed by atoms with Crippen LogP contribution < -0.4 is 10.6 Å². The van der Waals surface area contributed by atoms with Crippen LogP contribution in [0.2, 0.25) is 0 Å². The van der Waals surface area contributed by atoms with Gasteiger partial charge in [-0.25, -0.2) is 4.39 Å². The van der Waals surface area contributed by atoms with Gasteiger partial charge in [0.2, 0.25) is 11.8 Å². The monoisotopic (exact) mass is 375 g/mol. The number of hydrogen-bond donors (Lipinski definition) is 2. The minimum absolute atomic E-state index is 0.0599. The van der Waals surface area contributed by atoms with Crippen molar-refractivity contribution in [3.8, 4) is 0 Å². The summed E-state index contributed by atoms with van der Waals surface area (Å²) in [5.74, 6) is -0.179. The lowest BCUT2D eigenvalue weighted by molar-refractivity contribution is -0.127. The van der Waals surface area contributed by atoms with Crippen LogP contribution in [0.3, 0.4) is 0 Å². The number of carbonyl (C=O) groups is 2. The molecule has 2 amide bonds. The van der Waals surface area contributed by atoms with Crippen LogP contribution in [0.1, 0.15) is 51.4 Å². The molecular weight excluding hydrogens is 345 g/mol. The molecule has 0 radical (unpaired) electrons. The lowest BCUT2D eigenvalue weighted by Gasteiger charge is -2.31. The molecule has 1 aromatic carbocycles. The number of likely N-dealkylation sites (tertiary alicyclic amines) is 1. The molecule has 2 N–H and O–H groups in total. The van der Waals surface area contributed by atoms with Gasteiger partial charge >= 0.3 is 0 Å². The Hall–Kier alpha value is -1.95. The highest BCUT2D eigenvalue weighted by Crippen LogP contribution is 2.21. The summed E-state index contributed by atoms with van der Waals surface area (Å²) in [6, 6.07) is 6.11. The molecule has 148 valence electrons. The molecule has 1 aliphatic heterocycles. The minimum atomic E-state index is -0.322. The number of amides is 2. The molecule has 6 heteroatoms. The van der Waals surface area contributed by atoms with E-state index in [0.717, 1.165) is 38.8 Å². The second-order valence-corrected chi connectivity index (χ2v) is 7.80. The Morgan fingerprint density at radius 1 is 0.963 bits per heavy atom. The van der Waals surface area contributed by atoms with E-state index in [1.807, 2.05) is 0 Å². The zero-order valence-corrected chi connectivity index (χ0v) is 15.9. The van der Waals surface area contributed by atoms with E-state index >= 15 is 0 Å². The first-order chi connectivity index (χ1) is 13.1. The van der Waals surface area contributed by atoms with Crippen LogP contribution in [0.25, 0.3) is 0 Å². The first-order valence-corrected chi connectivity index (χ1v) is 10.2. The van der Waals surface area contributed by atoms with Gasteiger partial charge in [0.1, 0.15) is 5.82 Å². The zero-order chi connectivity index (χ0) is 19.1. The van der Waals surface area contributed by atoms with Gasteiger partial charge in [-0.05, 0) is 63.0 Å². The topological polar surface area (TPSA) is 61.4 Å². The molecule has 0 spiro atoms. The van der Waals surface area contributed by atoms with E-state index < -0.39 is 0 Å². The number of anilines is 1. The Kier molecular flexibility index (Phi) is 7.21. The third-order valence-corrected chi connectivity index (χ3v) is 5.66. The smallest absolute Gasteiger partial charge is 0.238 e. The summed E-state index contributed by atoms with van der Waals surface area (Å²) < 4.78 is 12.9. The molecule has 1 saturated heterocycles. The molecule has 5 nitrogen and oxygen atoms in total. The predicted octanol–water partition coefficient (Wildman–Crippen LogP) is 3.32. The Labute approximate surface area is 160 Å². The van der Waals surface area contributed by atoms with E-state index in [-0.39, 0.29) is 23.5 Å². The van der Waals surface area contributed by atoms with Crippen LogP contribution in [-0.4, -0.2) is 42.4 Å². The van der Waals surface area contributed by atoms with E-state index in [2.05, 4.69) is 15.5 Å². The minimum Gasteiger partial charge on any atom is -0.353 e. The van der Waals surface area contributed by atoms with Gasteiger partial charge in [-0.2, -0.15) is 0 Å². The predicted molar refractivity (Wildman–Crippen MR) is 104 cm³/mol. The van der Waals surface area contributed by atoms with Crippen LogP contribution >= 0.6 is 0 Å². The number of carbonyl (C=O) groups excluding carboxylic acids is 2. The summed E-state index contributed by atoms with van der Waals surface area (Å²) in [7, 11) is 0. The van der Waals surface area contributed by atoms with Crippen molar-refractivity contribution in [3.63, 3.8) is 0 Å². The van der Waals surface area contributed by atoms with E-state index in [9.17, 15) is 14.0 Å². The molecule has 0 atom stereocenters. The van der Waals surface area contributed by atoms with Gasteiger partial charge in [0.15, 0.2) is 0 Å². The van der Waals surface area contributed by atoms with Crippen molar-refractivity contribution in [2.75, 3.05) is 25.0 Å². The molecule has 1 heterocycles. The Bertz CT molecular complexity index is 619. The SMILES string of the molecule is O=C(CN1CCC(C(=O)NC2CCCCCC2)CC1)Nc1ccc(F)cc1. The molecule has 0 unspecified atom stereocenters. The normalized spacial score (nSPS) is 20.0. The first kappa shape index (κ1) is 19.8. The zero-order valence-electron chi connectivity index (χ0n) is 15.9. The van der Waals surface area contributed by atoms with Gasteiger partial charge in [0, 0.05) is 17.6 Å². The fourth-order valence-corrected chi connectivity index (χ4v) is 4.03. The Morgan fingerprint density at radius 2 is 1.59 bits per heavy atom. The van der Waals surface area contributed by atoms with Crippen molar-refractivity contribution in [1.82, 2.24) is 10.2 Å². The number of hydrogen-bond acceptors (Lipinski definition) is 3. The highest BCUT2D eigenvalue weighted by Gasteiger charge is 2.27. The van der Waals surface area contributed by atoms with Crippen molar-refractivity contribution in [2.45, 2.75) is 57.4 Å². The van der Waals surface area contributed by atoms with Gasteiger partial charge in [-0.1, -0.05) is 25.7 Å². The maximum Gasteiger partial charge on any atom is 0.238 e. The average molecular weight is 375 g/mol. The number of rotatable bonds is 5. The first-order valence-electron chi connectivity index (χ1n) is 10.2. The molecule has 0 aromatic heterocycles. The van der Waals surface area contributed by atoms with E-state index in [1.165, 1.54) is 37.8 Å². The Morgan fingerprint density at radius 3 is 2.22 bits per heavy atom. The standard InChI is InChI=1S/C21H30FN3O2/c22-17-7-9-19(10-8-17)23-20(26)15-25-13-11-16(12-14-25)21(27)24-18-5-3-1-2-4-6-18/h7-10,16,18H,1-6,11-15H2,(H,23,26)(H,24,27). The van der Waals surface area contributed by atoms with Crippen molar-refractivity contribution >= 4 is 17.5 Å². The molecule has 2 aliphatic rings. The average Bonchev–Trinajstić information content (AvgIpc) is 2.93. The summed E-state index contributed by atoms with van der Waals surface area (Å²) in [5.41, 5.74) is 0.596. The largest absolute Gasteiger partial charge is 0.353 e. The van der Waals surface area contributed by atoms with Crippen LogP contribution in [0.4, 0.5) is 10.1 Å². The molecular formula is C21H30FN3O2. The quantitative estimate of drug-likeness (QED) is 0.776. The van der Waals surface area contributed by atoms with Crippen LogP contribution in [0.15, 0.2) is 24.3 Å². The maximum absolute atomic E-state index is 12.9. The third-order valence-electron chi connectivity index (χ3n) is 5.66. The van der Waals surface area contributed by atoms with Crippen molar-refractivity contribution < 1.29 is 14.0 Å². The van der Waals surface area contributed by atoms with Crippen molar-refractivity contribution in [1.29, 1.82) is 0 Å². The number of nitrogens with one attached hydrogen (secondary N) is 2. The van der Waals surface area contributed by atoms with Gasteiger partial charge in [-0.3, -0.25) is 14.5 Å². The van der Waals surface area contributed by atoms with Gasteiger partial charge in [-0.15, -0.1) is 0 Å². The molecule has 3 rings (SSSR count). The fourth-order valence-electron chi connectivity index (χ4n) is 4.03. The van der Waals surface area contributed by atoms with E-state index in [1.54, 1.807) is 12.1 Å². The maximum atomic E-state index is 12.9. The summed E-state index contributed by atoms with van der Waals surface area (Å²) in [6.45, 7) is 1.80. The van der Waals surface area contributed by atoms with Gasteiger partial charge in [0.25, 0.3) is 0 Å². The van der Waals surface area contributed by atoms with Crippen LogP contribution in [-0.2, 0) is 9.59 Å². The second-order valence-electron chi connectivity index (χ2n) is 7.80. The number of nitrogens with zero attached hydrogens (tertiary/aromatic N) is 1. The van der Waals surface area contributed by atoms with Crippen LogP contribution in [0, 0.1) is 11.7 Å². The summed E-state index contributed by atoms with van der Waals surface area (Å²) in [6.07, 6.45) is 8.79. The fraction of sp³-hybridized carbons (Fsp3) is 0.619. The van der Waals surface area contributed by atoms with Crippen LogP contribution in [0.5, 0.6) is 0 Å². The summed E-state index contributed by atoms with van der Waals surface area (Å²) >= 11 is 0. The number of halogens is 1. The number of benzene rings is 1. The van der Waals surface area contributed by atoms with Crippen molar-refractivity contribution in [2.24, 2.45) is 5.92 Å². The molecule has 1 saturated carbocycles. The lowest BCUT2D eigenvalue weighted by atomic mass is 9.95. The third kappa shape index (κ3) is 6.31. The highest BCUT2D eigenvalue weighted by molar-refractivity contribution is 5.92. The molecule has 0 bridgehead atoms. The van der Waals surface area contributed by atoms with E-state index in [0.29, 0.717) is 18.3 Å². The highest BCUT2D eigenvalue weighted by atomic mass is 19.1. The van der Waals surface area contributed by atoms with Crippen molar-refractivity contribution in [3.05, 3.63) is 30.1 Å². The van der Waals surface area contributed by atoms with E-state index in [4.69, 9.17) is 0 Å². The second kappa shape index (κ2) is 9.83. The molecule has 1 aromatic rings. The Balaban J connectivity index is 1.38. The molecule has 27 heavy (non-hydrogen) atoms. The van der Waals surface area contributed by atoms with Gasteiger partial charge in [0.05, 0.1) is 6.54 Å². The number of piperidine rings is 1. The molecule has 1 aliphatic carbocycles. The summed E-state index contributed by atoms with van der Waals surface area (Å²) in [5, 5.41) is 6.04. The van der Waals surface area contributed by atoms with Gasteiger partial charge < -0.3 is 10.6 Å². The lowest BCUT2D eigenvalue weighted by Crippen LogP contribution is -2.45. The summed E-state index contributed by atoms with van der Waals surface area (Å²) in [4.78, 5) is 26.8. The molecule has 2 fully saturated rings.